The third-order valence-corrected chi connectivity index (χ3v) is 4.69. The Morgan fingerprint density at radius 2 is 1.84 bits per heavy atom. The Morgan fingerprint density at radius 1 is 1.20 bits per heavy atom. The lowest BCUT2D eigenvalue weighted by Crippen LogP contribution is -2.35. The molecule has 2 rings (SSSR count). The van der Waals surface area contributed by atoms with Crippen molar-refractivity contribution < 1.29 is 27.9 Å². The number of nitrogens with one attached hydrogen (secondary N) is 1. The van der Waals surface area contributed by atoms with Gasteiger partial charge in [-0.05, 0) is 42.9 Å². The number of hydrogen-bond donors (Lipinski definition) is 2. The molecule has 1 aliphatic rings. The Labute approximate surface area is 144 Å². The van der Waals surface area contributed by atoms with Crippen molar-refractivity contribution in [3.63, 3.8) is 0 Å². The second-order valence-corrected chi connectivity index (χ2v) is 6.90. The molecule has 138 valence electrons. The summed E-state index contributed by atoms with van der Waals surface area (Å²) >= 11 is 0. The predicted octanol–water partition coefficient (Wildman–Crippen LogP) is 4.02. The molecule has 0 aromatic heterocycles. The van der Waals surface area contributed by atoms with Crippen LogP contribution in [-0.4, -0.2) is 17.0 Å². The van der Waals surface area contributed by atoms with Gasteiger partial charge in [0.05, 0.1) is 17.5 Å². The molecule has 1 amide bonds. The summed E-state index contributed by atoms with van der Waals surface area (Å²) in [6, 6.07) is 4.39. The summed E-state index contributed by atoms with van der Waals surface area (Å²) in [6.45, 7) is 3.64. The zero-order valence-corrected chi connectivity index (χ0v) is 14.1. The number of rotatable bonds is 5. The van der Waals surface area contributed by atoms with Gasteiger partial charge in [0.2, 0.25) is 5.91 Å². The van der Waals surface area contributed by atoms with Gasteiger partial charge in [0, 0.05) is 5.92 Å². The molecule has 1 fully saturated rings. The van der Waals surface area contributed by atoms with E-state index in [1.807, 2.05) is 13.8 Å². The summed E-state index contributed by atoms with van der Waals surface area (Å²) in [5.41, 5.74) is -0.359. The monoisotopic (exact) mass is 357 g/mol. The van der Waals surface area contributed by atoms with E-state index in [-0.39, 0.29) is 18.2 Å². The predicted molar refractivity (Wildman–Crippen MR) is 85.6 cm³/mol. The molecule has 0 heterocycles. The summed E-state index contributed by atoms with van der Waals surface area (Å²) in [5.74, 6) is -2.24. The van der Waals surface area contributed by atoms with Gasteiger partial charge < -0.3 is 10.4 Å². The molecule has 1 aromatic rings. The van der Waals surface area contributed by atoms with Crippen LogP contribution in [0.15, 0.2) is 24.3 Å². The van der Waals surface area contributed by atoms with Crippen molar-refractivity contribution in [3.8, 4) is 0 Å². The van der Waals surface area contributed by atoms with Crippen LogP contribution in [0.4, 0.5) is 13.2 Å². The molecule has 1 saturated carbocycles. The van der Waals surface area contributed by atoms with Crippen molar-refractivity contribution >= 4 is 11.9 Å². The Kier molecular flexibility index (Phi) is 5.75. The molecule has 3 atom stereocenters. The van der Waals surface area contributed by atoms with E-state index in [1.54, 1.807) is 6.07 Å². The molecule has 0 aliphatic heterocycles. The third kappa shape index (κ3) is 4.74. The summed E-state index contributed by atoms with van der Waals surface area (Å²) < 4.78 is 38.7. The molecule has 0 bridgehead atoms. The summed E-state index contributed by atoms with van der Waals surface area (Å²) in [6.07, 6.45) is -3.24. The van der Waals surface area contributed by atoms with Crippen LogP contribution in [-0.2, 0) is 15.8 Å². The highest BCUT2D eigenvalue weighted by atomic mass is 19.4. The SMILES string of the molecule is CC(C)C(NC(=O)[C@@H]1CC[C@H](C(=O)O)C1)c1cccc(C(F)(F)F)c1. The Bertz CT molecular complexity index is 643. The smallest absolute Gasteiger partial charge is 0.416 e. The number of alkyl halides is 3. The van der Waals surface area contributed by atoms with Gasteiger partial charge >= 0.3 is 12.1 Å². The van der Waals surface area contributed by atoms with E-state index in [0.29, 0.717) is 18.4 Å². The summed E-state index contributed by atoms with van der Waals surface area (Å²) in [7, 11) is 0. The number of carboxylic acids is 1. The quantitative estimate of drug-likeness (QED) is 0.836. The van der Waals surface area contributed by atoms with Crippen molar-refractivity contribution in [3.05, 3.63) is 35.4 Å². The average Bonchev–Trinajstić information content (AvgIpc) is 3.01. The fraction of sp³-hybridized carbons (Fsp3) is 0.556. The van der Waals surface area contributed by atoms with E-state index in [4.69, 9.17) is 5.11 Å². The van der Waals surface area contributed by atoms with Crippen molar-refractivity contribution in [2.45, 2.75) is 45.3 Å². The zero-order valence-electron chi connectivity index (χ0n) is 14.1. The molecular weight excluding hydrogens is 335 g/mol. The van der Waals surface area contributed by atoms with Crippen LogP contribution < -0.4 is 5.32 Å². The highest BCUT2D eigenvalue weighted by Gasteiger charge is 2.35. The van der Waals surface area contributed by atoms with Gasteiger partial charge in [0.1, 0.15) is 0 Å². The molecule has 0 saturated heterocycles. The van der Waals surface area contributed by atoms with Gasteiger partial charge in [-0.3, -0.25) is 9.59 Å². The minimum atomic E-state index is -4.44. The second-order valence-electron chi connectivity index (χ2n) is 6.90. The fourth-order valence-electron chi connectivity index (χ4n) is 3.26. The first-order chi connectivity index (χ1) is 11.6. The van der Waals surface area contributed by atoms with Gasteiger partial charge in [-0.15, -0.1) is 0 Å². The first-order valence-electron chi connectivity index (χ1n) is 8.30. The number of benzene rings is 1. The summed E-state index contributed by atoms with van der Waals surface area (Å²) in [5, 5.41) is 11.8. The molecule has 0 radical (unpaired) electrons. The lowest BCUT2D eigenvalue weighted by atomic mass is 9.93. The number of carbonyl (C=O) groups excluding carboxylic acids is 1. The maximum Gasteiger partial charge on any atom is 0.416 e. The Balaban J connectivity index is 2.14. The number of halogens is 3. The number of hydrogen-bond acceptors (Lipinski definition) is 2. The van der Waals surface area contributed by atoms with Crippen LogP contribution in [0.2, 0.25) is 0 Å². The van der Waals surface area contributed by atoms with Crippen LogP contribution in [0.5, 0.6) is 0 Å². The lowest BCUT2D eigenvalue weighted by molar-refractivity contribution is -0.141. The summed E-state index contributed by atoms with van der Waals surface area (Å²) in [4.78, 5) is 23.5. The van der Waals surface area contributed by atoms with Gasteiger partial charge in [-0.1, -0.05) is 26.0 Å². The molecule has 25 heavy (non-hydrogen) atoms. The molecule has 7 heteroatoms. The molecule has 1 unspecified atom stereocenters. The molecule has 1 aromatic carbocycles. The first kappa shape index (κ1) is 19.3. The van der Waals surface area contributed by atoms with E-state index < -0.39 is 35.6 Å². The van der Waals surface area contributed by atoms with Gasteiger partial charge in [-0.2, -0.15) is 13.2 Å². The van der Waals surface area contributed by atoms with Crippen LogP contribution in [0, 0.1) is 17.8 Å². The van der Waals surface area contributed by atoms with E-state index in [0.717, 1.165) is 12.1 Å². The van der Waals surface area contributed by atoms with E-state index in [2.05, 4.69) is 5.32 Å². The number of aliphatic carboxylic acids is 1. The third-order valence-electron chi connectivity index (χ3n) is 4.69. The molecule has 4 nitrogen and oxygen atoms in total. The molecular formula is C18H22F3NO3. The van der Waals surface area contributed by atoms with Crippen molar-refractivity contribution in [2.75, 3.05) is 0 Å². The van der Waals surface area contributed by atoms with Crippen LogP contribution in [0.3, 0.4) is 0 Å². The largest absolute Gasteiger partial charge is 0.481 e. The minimum Gasteiger partial charge on any atom is -0.481 e. The van der Waals surface area contributed by atoms with Crippen LogP contribution >= 0.6 is 0 Å². The van der Waals surface area contributed by atoms with Crippen LogP contribution in [0.1, 0.15) is 50.3 Å². The van der Waals surface area contributed by atoms with E-state index >= 15 is 0 Å². The topological polar surface area (TPSA) is 66.4 Å². The van der Waals surface area contributed by atoms with Gasteiger partial charge in [0.25, 0.3) is 0 Å². The standard InChI is InChI=1S/C18H22F3NO3/c1-10(2)15(11-4-3-5-14(9-11)18(19,20)21)22-16(23)12-6-7-13(8-12)17(24)25/h3-5,9-10,12-13,15H,6-8H2,1-2H3,(H,22,23)(H,24,25)/t12-,13+,15?/m1/s1. The first-order valence-corrected chi connectivity index (χ1v) is 8.30. The second kappa shape index (κ2) is 7.45. The van der Waals surface area contributed by atoms with Crippen molar-refractivity contribution in [1.29, 1.82) is 0 Å². The lowest BCUT2D eigenvalue weighted by Gasteiger charge is -2.25. The van der Waals surface area contributed by atoms with E-state index in [1.165, 1.54) is 6.07 Å². The highest BCUT2D eigenvalue weighted by Crippen LogP contribution is 2.34. The Morgan fingerprint density at radius 3 is 2.36 bits per heavy atom. The Hall–Kier alpha value is -2.05. The normalized spacial score (nSPS) is 22.0. The average molecular weight is 357 g/mol. The van der Waals surface area contributed by atoms with Crippen LogP contribution in [0.25, 0.3) is 0 Å². The van der Waals surface area contributed by atoms with Crippen molar-refractivity contribution in [1.82, 2.24) is 5.32 Å². The zero-order chi connectivity index (χ0) is 18.8. The number of carbonyl (C=O) groups is 2. The maximum absolute atomic E-state index is 12.9. The highest BCUT2D eigenvalue weighted by molar-refractivity contribution is 5.81. The number of amides is 1. The molecule has 1 aliphatic carbocycles. The van der Waals surface area contributed by atoms with Gasteiger partial charge in [-0.25, -0.2) is 0 Å². The van der Waals surface area contributed by atoms with Gasteiger partial charge in [0.15, 0.2) is 0 Å². The van der Waals surface area contributed by atoms with Crippen molar-refractivity contribution in [2.24, 2.45) is 17.8 Å². The fourth-order valence-corrected chi connectivity index (χ4v) is 3.26. The molecule has 2 N–H and O–H groups in total. The number of carboxylic acid groups (broad SMARTS) is 1. The minimum absolute atomic E-state index is 0.107. The molecule has 0 spiro atoms. The van der Waals surface area contributed by atoms with E-state index in [9.17, 15) is 22.8 Å². The maximum atomic E-state index is 12.9.